The predicted molar refractivity (Wildman–Crippen MR) is 67.9 cm³/mol. The van der Waals surface area contributed by atoms with Gasteiger partial charge < -0.3 is 20.1 Å². The van der Waals surface area contributed by atoms with Crippen LogP contribution in [0.3, 0.4) is 0 Å². The van der Waals surface area contributed by atoms with E-state index in [0.717, 1.165) is 6.54 Å². The zero-order valence-corrected chi connectivity index (χ0v) is 10.6. The summed E-state index contributed by atoms with van der Waals surface area (Å²) in [5.74, 6) is 1.15. The van der Waals surface area contributed by atoms with Crippen LogP contribution < -0.4 is 20.1 Å². The Labute approximate surface area is 106 Å². The average molecular weight is 250 g/mol. The van der Waals surface area contributed by atoms with E-state index in [1.807, 2.05) is 32.2 Å². The van der Waals surface area contributed by atoms with Crippen LogP contribution in [0.15, 0.2) is 24.3 Å². The highest BCUT2D eigenvalue weighted by molar-refractivity contribution is 5.82. The summed E-state index contributed by atoms with van der Waals surface area (Å²) in [5.41, 5.74) is 0. The van der Waals surface area contributed by atoms with Crippen LogP contribution >= 0.6 is 0 Å². The quantitative estimate of drug-likeness (QED) is 0.766. The summed E-state index contributed by atoms with van der Waals surface area (Å²) in [7, 11) is 1.84. The molecule has 1 amide bonds. The van der Waals surface area contributed by atoms with E-state index >= 15 is 0 Å². The largest absolute Gasteiger partial charge is 0.482 e. The lowest BCUT2D eigenvalue weighted by Gasteiger charge is -2.31. The van der Waals surface area contributed by atoms with Gasteiger partial charge >= 0.3 is 0 Å². The van der Waals surface area contributed by atoms with Crippen molar-refractivity contribution >= 4 is 5.91 Å². The van der Waals surface area contributed by atoms with Crippen molar-refractivity contribution < 1.29 is 14.3 Å². The topological polar surface area (TPSA) is 59.6 Å². The van der Waals surface area contributed by atoms with Crippen molar-refractivity contribution in [3.05, 3.63) is 24.3 Å². The minimum atomic E-state index is -0.600. The van der Waals surface area contributed by atoms with Crippen LogP contribution in [0.25, 0.3) is 0 Å². The molecule has 98 valence electrons. The van der Waals surface area contributed by atoms with Gasteiger partial charge in [0.05, 0.1) is 0 Å². The fourth-order valence-electron chi connectivity index (χ4n) is 1.82. The molecule has 1 aliphatic heterocycles. The summed E-state index contributed by atoms with van der Waals surface area (Å²) in [4.78, 5) is 11.9. The highest BCUT2D eigenvalue weighted by Gasteiger charge is 2.33. The third kappa shape index (κ3) is 2.73. The number of benzene rings is 1. The van der Waals surface area contributed by atoms with Crippen molar-refractivity contribution in [2.75, 3.05) is 20.1 Å². The molecule has 5 heteroatoms. The SMILES string of the molecule is CNCCNC(=O)C1Oc2ccccc2OC1C. The monoisotopic (exact) mass is 250 g/mol. The molecule has 0 spiro atoms. The molecule has 2 atom stereocenters. The van der Waals surface area contributed by atoms with Gasteiger partial charge in [-0.15, -0.1) is 0 Å². The molecular formula is C13H18N2O3. The van der Waals surface area contributed by atoms with Crippen molar-refractivity contribution in [2.45, 2.75) is 19.1 Å². The van der Waals surface area contributed by atoms with Crippen LogP contribution in [-0.4, -0.2) is 38.3 Å². The number of fused-ring (bicyclic) bond motifs is 1. The number of likely N-dealkylation sites (N-methyl/N-ethyl adjacent to an activating group) is 1. The molecule has 1 heterocycles. The molecule has 1 aromatic rings. The summed E-state index contributed by atoms with van der Waals surface area (Å²) >= 11 is 0. The van der Waals surface area contributed by atoms with Crippen LogP contribution in [-0.2, 0) is 4.79 Å². The van der Waals surface area contributed by atoms with E-state index in [1.54, 1.807) is 6.07 Å². The molecule has 0 fully saturated rings. The first kappa shape index (κ1) is 12.7. The summed E-state index contributed by atoms with van der Waals surface area (Å²) in [5, 5.41) is 5.77. The lowest BCUT2D eigenvalue weighted by Crippen LogP contribution is -2.49. The molecule has 0 saturated carbocycles. The lowest BCUT2D eigenvalue weighted by molar-refractivity contribution is -0.133. The summed E-state index contributed by atoms with van der Waals surface area (Å²) in [6, 6.07) is 7.37. The van der Waals surface area contributed by atoms with Crippen molar-refractivity contribution in [2.24, 2.45) is 0 Å². The smallest absolute Gasteiger partial charge is 0.265 e. The summed E-state index contributed by atoms with van der Waals surface area (Å²) in [6.07, 6.45) is -0.897. The summed E-state index contributed by atoms with van der Waals surface area (Å²) < 4.78 is 11.3. The van der Waals surface area contributed by atoms with Gasteiger partial charge in [0.15, 0.2) is 11.5 Å². The second-order valence-electron chi connectivity index (χ2n) is 4.20. The van der Waals surface area contributed by atoms with E-state index in [0.29, 0.717) is 18.0 Å². The Hall–Kier alpha value is -1.75. The normalized spacial score (nSPS) is 21.4. The summed E-state index contributed by atoms with van der Waals surface area (Å²) in [6.45, 7) is 3.13. The molecule has 5 nitrogen and oxygen atoms in total. The van der Waals surface area contributed by atoms with E-state index < -0.39 is 6.10 Å². The van der Waals surface area contributed by atoms with E-state index in [9.17, 15) is 4.79 Å². The van der Waals surface area contributed by atoms with Crippen LogP contribution in [0, 0.1) is 0 Å². The second kappa shape index (κ2) is 5.73. The molecule has 0 aliphatic carbocycles. The molecule has 0 saturated heterocycles. The van der Waals surface area contributed by atoms with Crippen molar-refractivity contribution in [3.8, 4) is 11.5 Å². The fourth-order valence-corrected chi connectivity index (χ4v) is 1.82. The van der Waals surface area contributed by atoms with E-state index in [1.165, 1.54) is 0 Å². The van der Waals surface area contributed by atoms with Crippen molar-refractivity contribution in [3.63, 3.8) is 0 Å². The first-order valence-electron chi connectivity index (χ1n) is 6.07. The Bertz CT molecular complexity index is 422. The van der Waals surface area contributed by atoms with Crippen LogP contribution in [0.5, 0.6) is 11.5 Å². The van der Waals surface area contributed by atoms with Crippen LogP contribution in [0.4, 0.5) is 0 Å². The zero-order chi connectivity index (χ0) is 13.0. The molecule has 1 aliphatic rings. The van der Waals surface area contributed by atoms with Gasteiger partial charge in [-0.05, 0) is 26.1 Å². The molecule has 0 bridgehead atoms. The molecule has 2 unspecified atom stereocenters. The first-order chi connectivity index (χ1) is 8.72. The number of nitrogens with one attached hydrogen (secondary N) is 2. The van der Waals surface area contributed by atoms with Crippen LogP contribution in [0.1, 0.15) is 6.92 Å². The number of carbonyl (C=O) groups excluding carboxylic acids is 1. The third-order valence-corrected chi connectivity index (χ3v) is 2.77. The molecule has 18 heavy (non-hydrogen) atoms. The minimum absolute atomic E-state index is 0.146. The Balaban J connectivity index is 2.00. The van der Waals surface area contributed by atoms with Gasteiger partial charge in [0.1, 0.15) is 6.10 Å². The number of rotatable bonds is 4. The van der Waals surface area contributed by atoms with Crippen LogP contribution in [0.2, 0.25) is 0 Å². The van der Waals surface area contributed by atoms with E-state index in [2.05, 4.69) is 10.6 Å². The third-order valence-electron chi connectivity index (χ3n) is 2.77. The molecule has 0 aromatic heterocycles. The number of ether oxygens (including phenoxy) is 2. The van der Waals surface area contributed by atoms with Crippen molar-refractivity contribution in [1.82, 2.24) is 10.6 Å². The van der Waals surface area contributed by atoms with E-state index in [4.69, 9.17) is 9.47 Å². The lowest BCUT2D eigenvalue weighted by atomic mass is 10.1. The second-order valence-corrected chi connectivity index (χ2v) is 4.20. The zero-order valence-electron chi connectivity index (χ0n) is 10.6. The first-order valence-corrected chi connectivity index (χ1v) is 6.07. The van der Waals surface area contributed by atoms with Gasteiger partial charge in [-0.2, -0.15) is 0 Å². The maximum Gasteiger partial charge on any atom is 0.265 e. The number of carbonyl (C=O) groups is 1. The fraction of sp³-hybridized carbons (Fsp3) is 0.462. The Morgan fingerprint density at radius 1 is 1.22 bits per heavy atom. The van der Waals surface area contributed by atoms with Gasteiger partial charge in [-0.25, -0.2) is 0 Å². The maximum absolute atomic E-state index is 11.9. The molecular weight excluding hydrogens is 232 g/mol. The Morgan fingerprint density at radius 3 is 2.56 bits per heavy atom. The molecule has 2 N–H and O–H groups in total. The van der Waals surface area contributed by atoms with Gasteiger partial charge in [-0.3, -0.25) is 4.79 Å². The number of para-hydroxylation sites is 2. The van der Waals surface area contributed by atoms with E-state index in [-0.39, 0.29) is 12.0 Å². The number of hydrogen-bond donors (Lipinski definition) is 2. The molecule has 2 rings (SSSR count). The average Bonchev–Trinajstić information content (AvgIpc) is 2.38. The van der Waals surface area contributed by atoms with Gasteiger partial charge in [-0.1, -0.05) is 12.1 Å². The van der Waals surface area contributed by atoms with Crippen molar-refractivity contribution in [1.29, 1.82) is 0 Å². The number of hydrogen-bond acceptors (Lipinski definition) is 4. The van der Waals surface area contributed by atoms with Gasteiger partial charge in [0.2, 0.25) is 6.10 Å². The minimum Gasteiger partial charge on any atom is -0.482 e. The van der Waals surface area contributed by atoms with Gasteiger partial charge in [0, 0.05) is 13.1 Å². The Kier molecular flexibility index (Phi) is 4.04. The molecule has 0 radical (unpaired) electrons. The highest BCUT2D eigenvalue weighted by Crippen LogP contribution is 2.33. The van der Waals surface area contributed by atoms with Gasteiger partial charge in [0.25, 0.3) is 5.91 Å². The maximum atomic E-state index is 11.9. The highest BCUT2D eigenvalue weighted by atomic mass is 16.6. The number of amides is 1. The molecule has 1 aromatic carbocycles. The Morgan fingerprint density at radius 2 is 1.89 bits per heavy atom. The predicted octanol–water partition coefficient (Wildman–Crippen LogP) is 0.551. The standard InChI is InChI=1S/C13H18N2O3/c1-9-12(13(16)15-8-7-14-2)18-11-6-4-3-5-10(11)17-9/h3-6,9,12,14H,7-8H2,1-2H3,(H,15,16).